The molecule has 0 fully saturated rings. The second-order valence-corrected chi connectivity index (χ2v) is 6.92. The molecule has 6 heteroatoms. The lowest BCUT2D eigenvalue weighted by atomic mass is 10.1. The summed E-state index contributed by atoms with van der Waals surface area (Å²) in [7, 11) is -3.69. The minimum absolute atomic E-state index is 0.0141. The first-order valence-corrected chi connectivity index (χ1v) is 8.04. The third-order valence-electron chi connectivity index (χ3n) is 2.69. The van der Waals surface area contributed by atoms with E-state index in [1.165, 1.54) is 18.2 Å². The van der Waals surface area contributed by atoms with Gasteiger partial charge in [0.25, 0.3) is 0 Å². The standard InChI is InChI=1S/C14H9BrFNO2S/c15-12-3-1-2-4-14(12)20(18,19)9-11-7-10(8-17)5-6-13(11)16/h1-7H,9H2. The highest BCUT2D eigenvalue weighted by Crippen LogP contribution is 2.25. The molecule has 0 N–H and O–H groups in total. The molecule has 0 aliphatic rings. The smallest absolute Gasteiger partial charge is 0.183 e. The van der Waals surface area contributed by atoms with Crippen LogP contribution >= 0.6 is 15.9 Å². The molecule has 0 aromatic heterocycles. The normalized spacial score (nSPS) is 11.1. The SMILES string of the molecule is N#Cc1ccc(F)c(CS(=O)(=O)c2ccccc2Br)c1. The van der Waals surface area contributed by atoms with E-state index in [1.807, 2.05) is 6.07 Å². The van der Waals surface area contributed by atoms with E-state index < -0.39 is 21.4 Å². The zero-order valence-corrected chi connectivity index (χ0v) is 12.6. The number of halogens is 2. The third kappa shape index (κ3) is 3.06. The predicted molar refractivity (Wildman–Crippen MR) is 76.1 cm³/mol. The molecule has 0 bridgehead atoms. The van der Waals surface area contributed by atoms with Gasteiger partial charge in [-0.2, -0.15) is 5.26 Å². The Hall–Kier alpha value is -1.71. The number of benzene rings is 2. The maximum absolute atomic E-state index is 13.7. The summed E-state index contributed by atoms with van der Waals surface area (Å²) in [6.45, 7) is 0. The van der Waals surface area contributed by atoms with Crippen molar-refractivity contribution in [3.8, 4) is 6.07 Å². The summed E-state index contributed by atoms with van der Waals surface area (Å²) in [6, 6.07) is 11.9. The molecule has 0 saturated heterocycles. The fourth-order valence-corrected chi connectivity index (χ4v) is 4.20. The molecule has 2 rings (SSSR count). The van der Waals surface area contributed by atoms with Crippen LogP contribution in [0.3, 0.4) is 0 Å². The summed E-state index contributed by atoms with van der Waals surface area (Å²) < 4.78 is 38.7. The molecule has 0 unspecified atom stereocenters. The highest BCUT2D eigenvalue weighted by atomic mass is 79.9. The van der Waals surface area contributed by atoms with Crippen molar-refractivity contribution in [3.05, 3.63) is 63.9 Å². The maximum atomic E-state index is 13.7. The number of rotatable bonds is 3. The Bertz CT molecular complexity index is 797. The predicted octanol–water partition coefficient (Wildman–Crippen LogP) is 3.43. The van der Waals surface area contributed by atoms with Crippen molar-refractivity contribution in [1.29, 1.82) is 5.26 Å². The van der Waals surface area contributed by atoms with E-state index in [2.05, 4.69) is 15.9 Å². The number of nitrogens with zero attached hydrogens (tertiary/aromatic N) is 1. The van der Waals surface area contributed by atoms with Crippen LogP contribution in [0.5, 0.6) is 0 Å². The van der Waals surface area contributed by atoms with Crippen molar-refractivity contribution in [2.45, 2.75) is 10.6 Å². The van der Waals surface area contributed by atoms with Gasteiger partial charge in [-0.3, -0.25) is 0 Å². The lowest BCUT2D eigenvalue weighted by Crippen LogP contribution is -2.07. The first-order chi connectivity index (χ1) is 9.44. The van der Waals surface area contributed by atoms with Gasteiger partial charge in [-0.25, -0.2) is 12.8 Å². The molecule has 102 valence electrons. The van der Waals surface area contributed by atoms with Crippen molar-refractivity contribution < 1.29 is 12.8 Å². The van der Waals surface area contributed by atoms with Gasteiger partial charge in [0.05, 0.1) is 22.3 Å². The molecule has 0 heterocycles. The summed E-state index contributed by atoms with van der Waals surface area (Å²) >= 11 is 3.17. The molecule has 0 aliphatic carbocycles. The minimum atomic E-state index is -3.69. The topological polar surface area (TPSA) is 57.9 Å². The summed E-state index contributed by atoms with van der Waals surface area (Å²) in [5.41, 5.74) is 0.212. The zero-order chi connectivity index (χ0) is 14.8. The van der Waals surface area contributed by atoms with Crippen molar-refractivity contribution >= 4 is 25.8 Å². The Balaban J connectivity index is 2.44. The van der Waals surface area contributed by atoms with Gasteiger partial charge in [-0.1, -0.05) is 12.1 Å². The first-order valence-electron chi connectivity index (χ1n) is 5.60. The Morgan fingerprint density at radius 2 is 1.90 bits per heavy atom. The Kier molecular flexibility index (Phi) is 4.21. The summed E-state index contributed by atoms with van der Waals surface area (Å²) in [6.07, 6.45) is 0. The van der Waals surface area contributed by atoms with Crippen LogP contribution in [0.2, 0.25) is 0 Å². The number of hydrogen-bond donors (Lipinski definition) is 0. The average Bonchev–Trinajstić information content (AvgIpc) is 2.41. The average molecular weight is 354 g/mol. The van der Waals surface area contributed by atoms with Crippen molar-refractivity contribution in [2.75, 3.05) is 0 Å². The summed E-state index contributed by atoms with van der Waals surface area (Å²) in [5.74, 6) is -1.13. The Morgan fingerprint density at radius 1 is 1.20 bits per heavy atom. The fourth-order valence-electron chi connectivity index (χ4n) is 1.73. The van der Waals surface area contributed by atoms with Crippen LogP contribution in [-0.2, 0) is 15.6 Å². The lowest BCUT2D eigenvalue weighted by molar-refractivity contribution is 0.586. The van der Waals surface area contributed by atoms with Gasteiger partial charge in [-0.05, 0) is 46.3 Å². The van der Waals surface area contributed by atoms with Gasteiger partial charge < -0.3 is 0 Å². The molecular formula is C14H9BrFNO2S. The van der Waals surface area contributed by atoms with Crippen LogP contribution in [-0.4, -0.2) is 8.42 Å². The van der Waals surface area contributed by atoms with E-state index in [0.717, 1.165) is 6.07 Å². The highest BCUT2D eigenvalue weighted by Gasteiger charge is 2.20. The van der Waals surface area contributed by atoms with Crippen LogP contribution in [0.4, 0.5) is 4.39 Å². The number of hydrogen-bond acceptors (Lipinski definition) is 3. The molecule has 0 saturated carbocycles. The van der Waals surface area contributed by atoms with E-state index in [4.69, 9.17) is 5.26 Å². The highest BCUT2D eigenvalue weighted by molar-refractivity contribution is 9.10. The Labute approximate surface area is 124 Å². The van der Waals surface area contributed by atoms with Crippen LogP contribution in [0.1, 0.15) is 11.1 Å². The van der Waals surface area contributed by atoms with E-state index in [9.17, 15) is 12.8 Å². The van der Waals surface area contributed by atoms with E-state index in [-0.39, 0.29) is 16.0 Å². The summed E-state index contributed by atoms with van der Waals surface area (Å²) in [4.78, 5) is 0.0989. The van der Waals surface area contributed by atoms with E-state index in [0.29, 0.717) is 4.47 Å². The molecule has 3 nitrogen and oxygen atoms in total. The number of sulfone groups is 1. The van der Waals surface area contributed by atoms with E-state index >= 15 is 0 Å². The van der Waals surface area contributed by atoms with Crippen LogP contribution in [0.25, 0.3) is 0 Å². The molecule has 20 heavy (non-hydrogen) atoms. The van der Waals surface area contributed by atoms with Gasteiger partial charge in [0.1, 0.15) is 5.82 Å². The second kappa shape index (κ2) is 5.73. The third-order valence-corrected chi connectivity index (χ3v) is 5.36. The fraction of sp³-hybridized carbons (Fsp3) is 0.0714. The Morgan fingerprint density at radius 3 is 2.55 bits per heavy atom. The zero-order valence-electron chi connectivity index (χ0n) is 10.2. The van der Waals surface area contributed by atoms with Crippen molar-refractivity contribution in [3.63, 3.8) is 0 Å². The molecule has 2 aromatic rings. The lowest BCUT2D eigenvalue weighted by Gasteiger charge is -2.07. The monoisotopic (exact) mass is 353 g/mol. The first kappa shape index (κ1) is 14.7. The van der Waals surface area contributed by atoms with Crippen molar-refractivity contribution in [2.24, 2.45) is 0 Å². The van der Waals surface area contributed by atoms with Crippen molar-refractivity contribution in [1.82, 2.24) is 0 Å². The largest absolute Gasteiger partial charge is 0.223 e. The molecule has 0 spiro atoms. The molecule has 0 amide bonds. The van der Waals surface area contributed by atoms with Gasteiger partial charge in [0, 0.05) is 10.0 Å². The second-order valence-electron chi connectivity index (χ2n) is 4.11. The maximum Gasteiger partial charge on any atom is 0.183 e. The van der Waals surface area contributed by atoms with Crippen LogP contribution in [0, 0.1) is 17.1 Å². The molecular weight excluding hydrogens is 345 g/mol. The van der Waals surface area contributed by atoms with Gasteiger partial charge in [0.2, 0.25) is 0 Å². The van der Waals surface area contributed by atoms with Gasteiger partial charge in [0.15, 0.2) is 9.84 Å². The quantitative estimate of drug-likeness (QED) is 0.849. The van der Waals surface area contributed by atoms with E-state index in [1.54, 1.807) is 18.2 Å². The molecule has 2 aromatic carbocycles. The summed E-state index contributed by atoms with van der Waals surface area (Å²) in [5, 5.41) is 8.78. The molecule has 0 aliphatic heterocycles. The van der Waals surface area contributed by atoms with Crippen LogP contribution in [0.15, 0.2) is 51.8 Å². The number of nitriles is 1. The van der Waals surface area contributed by atoms with Gasteiger partial charge in [-0.15, -0.1) is 0 Å². The molecule has 0 radical (unpaired) electrons. The van der Waals surface area contributed by atoms with Crippen LogP contribution < -0.4 is 0 Å². The van der Waals surface area contributed by atoms with Gasteiger partial charge >= 0.3 is 0 Å². The minimum Gasteiger partial charge on any atom is -0.223 e. The molecule has 0 atom stereocenters.